The number of nitrogens with zero attached hydrogens (tertiary/aromatic N) is 5. The first kappa shape index (κ1) is 34.8. The number of anilines is 4. The minimum atomic E-state index is -4.65. The van der Waals surface area contributed by atoms with Crippen molar-refractivity contribution < 1.29 is 22.4 Å². The molecule has 0 saturated carbocycles. The van der Waals surface area contributed by atoms with E-state index in [1.54, 1.807) is 0 Å². The summed E-state index contributed by atoms with van der Waals surface area (Å²) in [6.07, 6.45) is 0.505. The zero-order valence-corrected chi connectivity index (χ0v) is 29.8. The van der Waals surface area contributed by atoms with Crippen LogP contribution in [-0.4, -0.2) is 43.0 Å². The van der Waals surface area contributed by atoms with Gasteiger partial charge in [0.15, 0.2) is 14.1 Å². The molecule has 0 amide bonds. The van der Waals surface area contributed by atoms with E-state index in [-0.39, 0.29) is 23.4 Å². The molecule has 1 N–H and O–H groups in total. The third kappa shape index (κ3) is 8.08. The van der Waals surface area contributed by atoms with Gasteiger partial charge in [-0.1, -0.05) is 69.3 Å². The van der Waals surface area contributed by atoms with Crippen LogP contribution in [0.25, 0.3) is 0 Å². The minimum absolute atomic E-state index is 0.0106. The van der Waals surface area contributed by atoms with E-state index in [0.29, 0.717) is 24.8 Å². The average molecular weight is 691 g/mol. The predicted octanol–water partition coefficient (Wildman–Crippen LogP) is 9.42. The molecule has 0 radical (unpaired) electrons. The first-order valence-electron chi connectivity index (χ1n) is 16.9. The van der Waals surface area contributed by atoms with Gasteiger partial charge >= 0.3 is 6.18 Å². The monoisotopic (exact) mass is 690 g/mol. The highest BCUT2D eigenvalue weighted by Crippen LogP contribution is 2.42. The van der Waals surface area contributed by atoms with E-state index in [9.17, 15) is 13.2 Å². The Balaban J connectivity index is 1.07. The summed E-state index contributed by atoms with van der Waals surface area (Å²) in [5, 5.41) is 4.43. The van der Waals surface area contributed by atoms with Crippen LogP contribution in [0.15, 0.2) is 79.1 Å². The Morgan fingerprint density at radius 1 is 0.878 bits per heavy atom. The van der Waals surface area contributed by atoms with Crippen molar-refractivity contribution in [2.75, 3.05) is 35.0 Å². The number of hydrogen-bond donors (Lipinski definition) is 1. The van der Waals surface area contributed by atoms with Gasteiger partial charge in [-0.2, -0.15) is 18.2 Å². The van der Waals surface area contributed by atoms with Gasteiger partial charge in [-0.05, 0) is 71.8 Å². The van der Waals surface area contributed by atoms with Crippen LogP contribution in [0.5, 0.6) is 0 Å². The van der Waals surface area contributed by atoms with Gasteiger partial charge in [-0.3, -0.25) is 4.84 Å². The molecular weight excluding hydrogens is 646 g/mol. The lowest BCUT2D eigenvalue weighted by atomic mass is 9.90. The second-order valence-electron chi connectivity index (χ2n) is 14.4. The molecule has 2 fully saturated rings. The number of alkyl halides is 3. The predicted molar refractivity (Wildman–Crippen MR) is 189 cm³/mol. The zero-order valence-electron chi connectivity index (χ0n) is 28.8. The Labute approximate surface area is 287 Å². The van der Waals surface area contributed by atoms with Gasteiger partial charge in [0.05, 0.1) is 19.3 Å². The highest BCUT2D eigenvalue weighted by atomic mass is 28.4. The molecule has 1 atom stereocenters. The molecule has 260 valence electrons. The average Bonchev–Trinajstić information content (AvgIpc) is 3.58. The standard InChI is InChI=1S/C37H45F3N6O2Si/c1-36(2,3)49(4,5)48-25-26-11-14-30(15-12-26)45-20-17-27(18-21-45)29-13-16-33(41-23-29)43-35-42-24-31(37(38,39)40)34(44-35)46-32(19-22-47-46)28-9-7-6-8-10-28/h6-16,23-24,27,32H,17-22,25H2,1-5H3,(H,41,42,43,44)/t32-/m0/s1. The van der Waals surface area contributed by atoms with E-state index in [0.717, 1.165) is 43.3 Å². The molecule has 8 nitrogen and oxygen atoms in total. The van der Waals surface area contributed by atoms with Gasteiger partial charge < -0.3 is 14.6 Å². The summed E-state index contributed by atoms with van der Waals surface area (Å²) in [5.41, 5.74) is 3.44. The first-order valence-corrected chi connectivity index (χ1v) is 19.8. The maximum Gasteiger partial charge on any atom is 0.421 e. The summed E-state index contributed by atoms with van der Waals surface area (Å²) in [6, 6.07) is 21.5. The van der Waals surface area contributed by atoms with Crippen LogP contribution in [0, 0.1) is 0 Å². The molecule has 0 spiro atoms. The van der Waals surface area contributed by atoms with Crippen molar-refractivity contribution in [3.63, 3.8) is 0 Å². The quantitative estimate of drug-likeness (QED) is 0.174. The van der Waals surface area contributed by atoms with E-state index in [1.165, 1.54) is 16.3 Å². The van der Waals surface area contributed by atoms with Crippen LogP contribution in [0.2, 0.25) is 18.1 Å². The summed E-state index contributed by atoms with van der Waals surface area (Å²) < 4.78 is 48.5. The van der Waals surface area contributed by atoms with Gasteiger partial charge in [-0.15, -0.1) is 0 Å². The van der Waals surface area contributed by atoms with Crippen LogP contribution in [-0.2, 0) is 22.0 Å². The zero-order chi connectivity index (χ0) is 34.8. The van der Waals surface area contributed by atoms with Crippen molar-refractivity contribution in [2.24, 2.45) is 0 Å². The van der Waals surface area contributed by atoms with E-state index < -0.39 is 26.1 Å². The number of hydrogen-bond acceptors (Lipinski definition) is 8. The summed E-state index contributed by atoms with van der Waals surface area (Å²) in [6.45, 7) is 14.1. The smallest absolute Gasteiger partial charge is 0.413 e. The molecule has 12 heteroatoms. The van der Waals surface area contributed by atoms with E-state index in [4.69, 9.17) is 9.26 Å². The normalized spacial score (nSPS) is 17.8. The number of pyridine rings is 1. The fraction of sp³-hybridized carbons (Fsp3) is 0.432. The van der Waals surface area contributed by atoms with Gasteiger partial charge in [0.25, 0.3) is 0 Å². The van der Waals surface area contributed by atoms with Crippen molar-refractivity contribution in [2.45, 2.75) is 82.9 Å². The highest BCUT2D eigenvalue weighted by molar-refractivity contribution is 6.74. The number of halogens is 3. The van der Waals surface area contributed by atoms with Crippen molar-refractivity contribution >= 4 is 31.6 Å². The molecule has 2 aromatic carbocycles. The number of hydroxylamine groups is 1. The number of aromatic nitrogens is 3. The SMILES string of the molecule is CC(C)(C)[Si](C)(C)OCc1ccc(N2CCC(c3ccc(Nc4ncc(C(F)(F)F)c(N5OCC[C@H]5c5ccccc5)n4)nc3)CC2)cc1. The van der Waals surface area contributed by atoms with E-state index in [1.807, 2.05) is 48.7 Å². The fourth-order valence-corrected chi connectivity index (χ4v) is 7.01. The van der Waals surface area contributed by atoms with Gasteiger partial charge in [0.1, 0.15) is 11.4 Å². The maximum absolute atomic E-state index is 14.0. The van der Waals surface area contributed by atoms with Gasteiger partial charge in [0, 0.05) is 37.6 Å². The third-order valence-corrected chi connectivity index (χ3v) is 14.6. The van der Waals surface area contributed by atoms with Crippen LogP contribution in [0.3, 0.4) is 0 Å². The molecular formula is C37H45F3N6O2Si. The number of rotatable bonds is 9. The highest BCUT2D eigenvalue weighted by Gasteiger charge is 2.41. The Morgan fingerprint density at radius 2 is 1.59 bits per heavy atom. The van der Waals surface area contributed by atoms with Crippen LogP contribution >= 0.6 is 0 Å². The lowest BCUT2D eigenvalue weighted by Crippen LogP contribution is -2.40. The maximum atomic E-state index is 14.0. The lowest BCUT2D eigenvalue weighted by Gasteiger charge is -2.36. The molecule has 2 aromatic heterocycles. The Morgan fingerprint density at radius 3 is 2.22 bits per heavy atom. The van der Waals surface area contributed by atoms with Gasteiger partial charge in [-0.25, -0.2) is 15.0 Å². The number of nitrogens with one attached hydrogen (secondary N) is 1. The first-order chi connectivity index (χ1) is 23.3. The molecule has 6 rings (SSSR count). The lowest BCUT2D eigenvalue weighted by molar-refractivity contribution is -0.138. The number of piperidine rings is 1. The molecule has 0 aliphatic carbocycles. The summed E-state index contributed by atoms with van der Waals surface area (Å²) in [5.74, 6) is 0.503. The third-order valence-electron chi connectivity index (χ3n) is 10.1. The molecule has 2 saturated heterocycles. The number of benzene rings is 2. The van der Waals surface area contributed by atoms with Crippen LogP contribution < -0.4 is 15.3 Å². The Kier molecular flexibility index (Phi) is 10.0. The largest absolute Gasteiger partial charge is 0.421 e. The van der Waals surface area contributed by atoms with E-state index >= 15 is 0 Å². The molecule has 0 bridgehead atoms. The molecule has 2 aliphatic heterocycles. The topological polar surface area (TPSA) is 75.6 Å². The fourth-order valence-electron chi connectivity index (χ4n) is 6.05. The van der Waals surface area contributed by atoms with Crippen molar-refractivity contribution in [3.8, 4) is 0 Å². The minimum Gasteiger partial charge on any atom is -0.413 e. The van der Waals surface area contributed by atoms with E-state index in [2.05, 4.69) is 83.3 Å². The molecule has 4 heterocycles. The van der Waals surface area contributed by atoms with Crippen molar-refractivity contribution in [1.82, 2.24) is 15.0 Å². The molecule has 4 aromatic rings. The molecule has 49 heavy (non-hydrogen) atoms. The van der Waals surface area contributed by atoms with Crippen molar-refractivity contribution in [1.29, 1.82) is 0 Å². The summed E-state index contributed by atoms with van der Waals surface area (Å²) in [4.78, 5) is 20.9. The van der Waals surface area contributed by atoms with Crippen LogP contribution in [0.4, 0.5) is 36.4 Å². The van der Waals surface area contributed by atoms with Gasteiger partial charge in [0.2, 0.25) is 5.95 Å². The van der Waals surface area contributed by atoms with Crippen molar-refractivity contribution in [3.05, 3.63) is 101 Å². The Bertz CT molecular complexity index is 1690. The second-order valence-corrected chi connectivity index (χ2v) is 19.2. The molecule has 2 aliphatic rings. The molecule has 0 unspecified atom stereocenters. The second kappa shape index (κ2) is 14.1. The van der Waals surface area contributed by atoms with Crippen LogP contribution in [0.1, 0.15) is 74.2 Å². The Hall–Kier alpha value is -4.00. The summed E-state index contributed by atoms with van der Waals surface area (Å²) in [7, 11) is -1.80. The summed E-state index contributed by atoms with van der Waals surface area (Å²) >= 11 is 0.